The summed E-state index contributed by atoms with van der Waals surface area (Å²) in [5, 5.41) is 0. The van der Waals surface area contributed by atoms with Crippen molar-refractivity contribution in [3.63, 3.8) is 0 Å². The van der Waals surface area contributed by atoms with Crippen molar-refractivity contribution in [1.29, 1.82) is 0 Å². The van der Waals surface area contributed by atoms with E-state index in [0.29, 0.717) is 5.41 Å². The van der Waals surface area contributed by atoms with Crippen LogP contribution in [0.1, 0.15) is 60.3 Å². The van der Waals surface area contributed by atoms with Crippen LogP contribution in [0.5, 0.6) is 0 Å². The van der Waals surface area contributed by atoms with Crippen molar-refractivity contribution >= 4 is 0 Å². The summed E-state index contributed by atoms with van der Waals surface area (Å²) >= 11 is 0. The first-order chi connectivity index (χ1) is 5.36. The molecule has 0 saturated heterocycles. The lowest BCUT2D eigenvalue weighted by Gasteiger charge is -2.25. The summed E-state index contributed by atoms with van der Waals surface area (Å²) in [6.45, 7) is 11.8. The van der Waals surface area contributed by atoms with E-state index in [1.807, 2.05) is 0 Å². The molecule has 0 aromatic rings. The van der Waals surface area contributed by atoms with E-state index in [1.165, 1.54) is 25.7 Å². The molecular weight excluding hydrogens is 144 g/mol. The molecule has 0 N–H and O–H groups in total. The summed E-state index contributed by atoms with van der Waals surface area (Å²) in [5.74, 6) is 0.903. The Labute approximate surface area is 77.7 Å². The predicted molar refractivity (Wildman–Crippen MR) is 55.2 cm³/mol. The Morgan fingerprint density at radius 2 is 1.67 bits per heavy atom. The first-order valence-electron chi connectivity index (χ1n) is 5.36. The molecule has 1 aliphatic carbocycles. The van der Waals surface area contributed by atoms with Crippen LogP contribution in [0.15, 0.2) is 0 Å². The average Bonchev–Trinajstić information content (AvgIpc) is 2.61. The SMILES string of the molecule is CC(C)C1(CCC(C)(C)C)CC1. The van der Waals surface area contributed by atoms with Crippen molar-refractivity contribution < 1.29 is 0 Å². The first-order valence-corrected chi connectivity index (χ1v) is 5.36. The summed E-state index contributed by atoms with van der Waals surface area (Å²) in [5.41, 5.74) is 1.29. The first kappa shape index (κ1) is 10.1. The Kier molecular flexibility index (Phi) is 2.56. The monoisotopic (exact) mass is 168 g/mol. The lowest BCUT2D eigenvalue weighted by atomic mass is 9.81. The maximum atomic E-state index is 2.38. The minimum Gasteiger partial charge on any atom is -0.0622 e. The van der Waals surface area contributed by atoms with Crippen LogP contribution in [0.2, 0.25) is 0 Å². The van der Waals surface area contributed by atoms with Gasteiger partial charge in [0.1, 0.15) is 0 Å². The zero-order valence-electron chi connectivity index (χ0n) is 9.41. The molecule has 0 heterocycles. The molecule has 0 nitrogen and oxygen atoms in total. The lowest BCUT2D eigenvalue weighted by Crippen LogP contribution is -2.14. The second-order valence-electron chi connectivity index (χ2n) is 6.08. The van der Waals surface area contributed by atoms with Gasteiger partial charge in [0, 0.05) is 0 Å². The van der Waals surface area contributed by atoms with Crippen molar-refractivity contribution in [2.24, 2.45) is 16.7 Å². The van der Waals surface area contributed by atoms with Crippen LogP contribution in [0, 0.1) is 16.7 Å². The van der Waals surface area contributed by atoms with Gasteiger partial charge in [-0.1, -0.05) is 34.6 Å². The molecule has 1 rings (SSSR count). The average molecular weight is 168 g/mol. The Balaban J connectivity index is 2.32. The van der Waals surface area contributed by atoms with Crippen molar-refractivity contribution in [2.75, 3.05) is 0 Å². The molecule has 0 bridgehead atoms. The highest BCUT2D eigenvalue weighted by molar-refractivity contribution is 4.95. The van der Waals surface area contributed by atoms with Crippen LogP contribution in [0.25, 0.3) is 0 Å². The molecule has 0 spiro atoms. The largest absolute Gasteiger partial charge is 0.0622 e. The summed E-state index contributed by atoms with van der Waals surface area (Å²) in [7, 11) is 0. The molecular formula is C12H24. The third-order valence-corrected chi connectivity index (χ3v) is 3.49. The molecule has 0 unspecified atom stereocenters. The molecule has 0 atom stereocenters. The van der Waals surface area contributed by atoms with Gasteiger partial charge in [-0.2, -0.15) is 0 Å². The third-order valence-electron chi connectivity index (χ3n) is 3.49. The molecule has 1 saturated carbocycles. The fraction of sp³-hybridized carbons (Fsp3) is 1.00. The highest BCUT2D eigenvalue weighted by Gasteiger charge is 2.44. The summed E-state index contributed by atoms with van der Waals surface area (Å²) in [4.78, 5) is 0. The van der Waals surface area contributed by atoms with Crippen LogP contribution < -0.4 is 0 Å². The molecule has 0 aromatic heterocycles. The van der Waals surface area contributed by atoms with E-state index in [1.54, 1.807) is 0 Å². The molecule has 1 fully saturated rings. The lowest BCUT2D eigenvalue weighted by molar-refractivity contribution is 0.261. The van der Waals surface area contributed by atoms with Crippen molar-refractivity contribution in [3.8, 4) is 0 Å². The van der Waals surface area contributed by atoms with E-state index in [-0.39, 0.29) is 0 Å². The van der Waals surface area contributed by atoms with Gasteiger partial charge < -0.3 is 0 Å². The topological polar surface area (TPSA) is 0 Å². The summed E-state index contributed by atoms with van der Waals surface area (Å²) in [6.07, 6.45) is 5.82. The van der Waals surface area contributed by atoms with E-state index in [4.69, 9.17) is 0 Å². The maximum absolute atomic E-state index is 2.38. The maximum Gasteiger partial charge on any atom is -0.0274 e. The fourth-order valence-electron chi connectivity index (χ4n) is 1.90. The molecule has 12 heavy (non-hydrogen) atoms. The molecule has 0 heteroatoms. The van der Waals surface area contributed by atoms with Crippen LogP contribution in [0.3, 0.4) is 0 Å². The quantitative estimate of drug-likeness (QED) is 0.591. The van der Waals surface area contributed by atoms with Crippen molar-refractivity contribution in [3.05, 3.63) is 0 Å². The van der Waals surface area contributed by atoms with E-state index in [9.17, 15) is 0 Å². The fourth-order valence-corrected chi connectivity index (χ4v) is 1.90. The molecule has 0 aromatic carbocycles. The van der Waals surface area contributed by atoms with Crippen molar-refractivity contribution in [2.45, 2.75) is 60.3 Å². The zero-order chi connectivity index (χ0) is 9.41. The molecule has 0 aliphatic heterocycles. The zero-order valence-corrected chi connectivity index (χ0v) is 9.41. The minimum absolute atomic E-state index is 0.532. The standard InChI is InChI=1S/C12H24/c1-10(2)12(8-9-12)7-6-11(3,4)5/h10H,6-9H2,1-5H3. The Morgan fingerprint density at radius 3 is 1.92 bits per heavy atom. The van der Waals surface area contributed by atoms with Crippen LogP contribution in [0.4, 0.5) is 0 Å². The smallest absolute Gasteiger partial charge is 0.0274 e. The number of hydrogen-bond donors (Lipinski definition) is 0. The van der Waals surface area contributed by atoms with Crippen LogP contribution in [-0.2, 0) is 0 Å². The van der Waals surface area contributed by atoms with Gasteiger partial charge in [-0.05, 0) is 42.4 Å². The van der Waals surface area contributed by atoms with E-state index in [0.717, 1.165) is 11.3 Å². The second kappa shape index (κ2) is 3.05. The predicted octanol–water partition coefficient (Wildman–Crippen LogP) is 4.25. The van der Waals surface area contributed by atoms with Gasteiger partial charge in [-0.3, -0.25) is 0 Å². The molecule has 1 aliphatic rings. The Hall–Kier alpha value is 0. The Morgan fingerprint density at radius 1 is 1.17 bits per heavy atom. The van der Waals surface area contributed by atoms with E-state index < -0.39 is 0 Å². The second-order valence-corrected chi connectivity index (χ2v) is 6.08. The minimum atomic E-state index is 0.532. The van der Waals surface area contributed by atoms with Gasteiger partial charge in [-0.15, -0.1) is 0 Å². The van der Waals surface area contributed by atoms with Gasteiger partial charge in [0.05, 0.1) is 0 Å². The van der Waals surface area contributed by atoms with Gasteiger partial charge in [0.2, 0.25) is 0 Å². The highest BCUT2D eigenvalue weighted by atomic mass is 14.5. The summed E-state index contributed by atoms with van der Waals surface area (Å²) < 4.78 is 0. The Bertz CT molecular complexity index is 144. The van der Waals surface area contributed by atoms with E-state index >= 15 is 0 Å². The molecule has 0 radical (unpaired) electrons. The van der Waals surface area contributed by atoms with Crippen LogP contribution >= 0.6 is 0 Å². The van der Waals surface area contributed by atoms with Gasteiger partial charge in [0.15, 0.2) is 0 Å². The van der Waals surface area contributed by atoms with Gasteiger partial charge in [0.25, 0.3) is 0 Å². The normalized spacial score (nSPS) is 21.5. The van der Waals surface area contributed by atoms with E-state index in [2.05, 4.69) is 34.6 Å². The summed E-state index contributed by atoms with van der Waals surface area (Å²) in [6, 6.07) is 0. The highest BCUT2D eigenvalue weighted by Crippen LogP contribution is 2.56. The third kappa shape index (κ3) is 2.50. The molecule has 72 valence electrons. The number of hydrogen-bond acceptors (Lipinski definition) is 0. The van der Waals surface area contributed by atoms with Crippen LogP contribution in [-0.4, -0.2) is 0 Å². The van der Waals surface area contributed by atoms with Crippen molar-refractivity contribution in [1.82, 2.24) is 0 Å². The number of rotatable bonds is 3. The van der Waals surface area contributed by atoms with Gasteiger partial charge >= 0.3 is 0 Å². The molecule has 0 amide bonds. The van der Waals surface area contributed by atoms with Gasteiger partial charge in [-0.25, -0.2) is 0 Å².